The van der Waals surface area contributed by atoms with E-state index in [1.54, 1.807) is 12.1 Å². The number of hydrogen-bond donors (Lipinski definition) is 1. The zero-order valence-corrected chi connectivity index (χ0v) is 31.0. The Kier molecular flexibility index (Phi) is 22.0. The molecule has 0 aliphatic carbocycles. The molecule has 45 heavy (non-hydrogen) atoms. The van der Waals surface area contributed by atoms with Crippen LogP contribution in [0.15, 0.2) is 18.2 Å². The van der Waals surface area contributed by atoms with Crippen LogP contribution in [-0.2, 0) is 0 Å². The van der Waals surface area contributed by atoms with Gasteiger partial charge in [0.1, 0.15) is 0 Å². The van der Waals surface area contributed by atoms with Crippen molar-refractivity contribution >= 4 is 17.5 Å². The van der Waals surface area contributed by atoms with Crippen LogP contribution in [0.1, 0.15) is 179 Å². The highest BCUT2D eigenvalue weighted by atomic mass is 16.2. The smallest absolute Gasteiger partial charge is 0.253 e. The molecule has 0 fully saturated rings. The van der Waals surface area contributed by atoms with Crippen LogP contribution in [-0.4, -0.2) is 47.8 Å². The summed E-state index contributed by atoms with van der Waals surface area (Å²) in [6, 6.07) is 5.44. The van der Waals surface area contributed by atoms with Crippen molar-refractivity contribution in [3.05, 3.63) is 29.3 Å². The van der Waals surface area contributed by atoms with Gasteiger partial charge in [-0.25, -0.2) is 0 Å². The van der Waals surface area contributed by atoms with Gasteiger partial charge in [-0.1, -0.05) is 132 Å². The normalized spacial score (nSPS) is 14.1. The van der Waals surface area contributed by atoms with Crippen LogP contribution >= 0.6 is 0 Å². The molecule has 1 aromatic carbocycles. The molecule has 0 aromatic heterocycles. The maximum atomic E-state index is 14.3. The molecule has 2 N–H and O–H groups in total. The third-order valence-electron chi connectivity index (χ3n) is 10.1. The second kappa shape index (κ2) is 24.2. The minimum atomic E-state index is 0.0246. The maximum absolute atomic E-state index is 14.3. The highest BCUT2D eigenvalue weighted by Gasteiger charge is 2.26. The average Bonchev–Trinajstić information content (AvgIpc) is 3.05. The Morgan fingerprint density at radius 3 is 1.00 bits per heavy atom. The quantitative estimate of drug-likeness (QED) is 0.104. The standard InChI is InChI=1S/C40H73N3O2/c1-9-17-21-32(13-5)28-42(29-33(14-6)22-18-10-2)39(44)36-25-37(27-38(41)26-36)40(45)43(30-34(15-7)23-19-11-3)31-35(16-8)24-20-12-4/h25-27,32-35H,9-24,28-31,41H2,1-8H3. The number of anilines is 1. The molecule has 5 nitrogen and oxygen atoms in total. The molecule has 0 aliphatic heterocycles. The van der Waals surface area contributed by atoms with Gasteiger partial charge in [-0.15, -0.1) is 0 Å². The molecule has 0 saturated heterocycles. The van der Waals surface area contributed by atoms with Crippen LogP contribution < -0.4 is 5.73 Å². The number of nitrogens with two attached hydrogens (primary N) is 1. The molecule has 0 aliphatic rings. The monoisotopic (exact) mass is 628 g/mol. The zero-order chi connectivity index (χ0) is 33.6. The molecule has 0 bridgehead atoms. The Hall–Kier alpha value is -2.04. The minimum Gasteiger partial charge on any atom is -0.399 e. The van der Waals surface area contributed by atoms with E-state index in [2.05, 4.69) is 65.2 Å². The molecule has 0 heterocycles. The number of unbranched alkanes of at least 4 members (excludes halogenated alkanes) is 4. The van der Waals surface area contributed by atoms with Crippen molar-refractivity contribution < 1.29 is 9.59 Å². The molecule has 260 valence electrons. The van der Waals surface area contributed by atoms with Crippen LogP contribution in [0, 0.1) is 23.7 Å². The number of benzene rings is 1. The van der Waals surface area contributed by atoms with Crippen molar-refractivity contribution in [1.82, 2.24) is 9.80 Å². The van der Waals surface area contributed by atoms with Gasteiger partial charge in [0.25, 0.3) is 11.8 Å². The summed E-state index contributed by atoms with van der Waals surface area (Å²) in [5.74, 6) is 1.99. The lowest BCUT2D eigenvalue weighted by atomic mass is 9.94. The average molecular weight is 628 g/mol. The molecule has 4 unspecified atom stereocenters. The van der Waals surface area contributed by atoms with E-state index in [1.807, 2.05) is 6.07 Å². The SMILES string of the molecule is CCCCC(CC)CN(CC(CC)CCCC)C(=O)c1cc(N)cc(C(=O)N(CC(CC)CCCC)CC(CC)CCCC)c1. The first-order valence-corrected chi connectivity index (χ1v) is 19.2. The fraction of sp³-hybridized carbons (Fsp3) is 0.800. The van der Waals surface area contributed by atoms with Crippen molar-refractivity contribution in [3.63, 3.8) is 0 Å². The topological polar surface area (TPSA) is 66.6 Å². The number of carbonyl (C=O) groups is 2. The van der Waals surface area contributed by atoms with Gasteiger partial charge in [-0.3, -0.25) is 9.59 Å². The Labute approximate surface area is 279 Å². The summed E-state index contributed by atoms with van der Waals surface area (Å²) in [5.41, 5.74) is 8.08. The van der Waals surface area contributed by atoms with E-state index in [-0.39, 0.29) is 11.8 Å². The fourth-order valence-corrected chi connectivity index (χ4v) is 6.66. The van der Waals surface area contributed by atoms with Gasteiger partial charge in [-0.2, -0.15) is 0 Å². The summed E-state index contributed by atoms with van der Waals surface area (Å²) < 4.78 is 0. The van der Waals surface area contributed by atoms with Gasteiger partial charge in [0.2, 0.25) is 0 Å². The van der Waals surface area contributed by atoms with Gasteiger partial charge in [-0.05, 0) is 67.6 Å². The first-order chi connectivity index (χ1) is 21.7. The first kappa shape index (κ1) is 41.0. The first-order valence-electron chi connectivity index (χ1n) is 19.2. The number of nitrogen functional groups attached to an aromatic ring is 1. The van der Waals surface area contributed by atoms with E-state index in [4.69, 9.17) is 5.73 Å². The molecule has 2 amide bonds. The highest BCUT2D eigenvalue weighted by Crippen LogP contribution is 2.25. The van der Waals surface area contributed by atoms with E-state index in [0.717, 1.165) is 77.5 Å². The van der Waals surface area contributed by atoms with Crippen molar-refractivity contribution in [2.24, 2.45) is 23.7 Å². The Morgan fingerprint density at radius 1 is 0.511 bits per heavy atom. The van der Waals surface area contributed by atoms with Crippen LogP contribution in [0.25, 0.3) is 0 Å². The molecular formula is C40H73N3O2. The molecular weight excluding hydrogens is 554 g/mol. The number of amides is 2. The molecule has 0 saturated carbocycles. The van der Waals surface area contributed by atoms with E-state index < -0.39 is 0 Å². The lowest BCUT2D eigenvalue weighted by Gasteiger charge is -2.32. The lowest BCUT2D eigenvalue weighted by Crippen LogP contribution is -2.40. The third-order valence-corrected chi connectivity index (χ3v) is 10.1. The van der Waals surface area contributed by atoms with Crippen molar-refractivity contribution in [3.8, 4) is 0 Å². The van der Waals surface area contributed by atoms with Crippen LogP contribution in [0.2, 0.25) is 0 Å². The third kappa shape index (κ3) is 15.4. The van der Waals surface area contributed by atoms with Gasteiger partial charge in [0.05, 0.1) is 0 Å². The molecule has 1 rings (SSSR count). The molecule has 1 aromatic rings. The molecule has 5 heteroatoms. The summed E-state index contributed by atoms with van der Waals surface area (Å²) >= 11 is 0. The van der Waals surface area contributed by atoms with Gasteiger partial charge < -0.3 is 15.5 Å². The lowest BCUT2D eigenvalue weighted by molar-refractivity contribution is 0.0682. The predicted octanol–water partition coefficient (Wildman–Crippen LogP) is 11.0. The Balaban J connectivity index is 3.45. The number of hydrogen-bond acceptors (Lipinski definition) is 3. The Bertz CT molecular complexity index is 826. The van der Waals surface area contributed by atoms with Crippen LogP contribution in [0.5, 0.6) is 0 Å². The second-order valence-electron chi connectivity index (χ2n) is 13.9. The number of rotatable bonds is 26. The molecule has 4 atom stereocenters. The number of nitrogens with zero attached hydrogens (tertiary/aromatic N) is 2. The van der Waals surface area contributed by atoms with Crippen molar-refractivity contribution in [2.45, 2.75) is 158 Å². The largest absolute Gasteiger partial charge is 0.399 e. The van der Waals surface area contributed by atoms with Gasteiger partial charge in [0, 0.05) is 43.0 Å². The van der Waals surface area contributed by atoms with E-state index in [9.17, 15) is 9.59 Å². The van der Waals surface area contributed by atoms with E-state index >= 15 is 0 Å². The van der Waals surface area contributed by atoms with Gasteiger partial charge >= 0.3 is 0 Å². The summed E-state index contributed by atoms with van der Waals surface area (Å²) in [5, 5.41) is 0. The molecule has 0 spiro atoms. The highest BCUT2D eigenvalue weighted by molar-refractivity contribution is 6.01. The fourth-order valence-electron chi connectivity index (χ4n) is 6.66. The molecule has 0 radical (unpaired) electrons. The summed E-state index contributed by atoms with van der Waals surface area (Å²) in [6.45, 7) is 21.0. The second-order valence-corrected chi connectivity index (χ2v) is 13.9. The summed E-state index contributed by atoms with van der Waals surface area (Å²) in [6.07, 6.45) is 18.3. The van der Waals surface area contributed by atoms with Crippen molar-refractivity contribution in [1.29, 1.82) is 0 Å². The van der Waals surface area contributed by atoms with Crippen molar-refractivity contribution in [2.75, 3.05) is 31.9 Å². The minimum absolute atomic E-state index is 0.0246. The van der Waals surface area contributed by atoms with E-state index in [1.165, 1.54) is 51.4 Å². The summed E-state index contributed by atoms with van der Waals surface area (Å²) in [7, 11) is 0. The summed E-state index contributed by atoms with van der Waals surface area (Å²) in [4.78, 5) is 32.8. The van der Waals surface area contributed by atoms with Gasteiger partial charge in [0.15, 0.2) is 0 Å². The Morgan fingerprint density at radius 2 is 0.778 bits per heavy atom. The number of carbonyl (C=O) groups excluding carboxylic acids is 2. The predicted molar refractivity (Wildman–Crippen MR) is 196 cm³/mol. The van der Waals surface area contributed by atoms with Crippen LogP contribution in [0.3, 0.4) is 0 Å². The van der Waals surface area contributed by atoms with E-state index in [0.29, 0.717) is 40.5 Å². The maximum Gasteiger partial charge on any atom is 0.253 e. The van der Waals surface area contributed by atoms with Crippen LogP contribution in [0.4, 0.5) is 5.69 Å². The zero-order valence-electron chi connectivity index (χ0n) is 31.0.